The molecule has 1 aromatic rings. The van der Waals surface area contributed by atoms with Crippen LogP contribution in [0.25, 0.3) is 0 Å². The molecule has 3 fully saturated rings. The Labute approximate surface area is 183 Å². The van der Waals surface area contributed by atoms with Crippen LogP contribution >= 0.6 is 15.9 Å². The van der Waals surface area contributed by atoms with Crippen LogP contribution in [0, 0.1) is 0 Å². The molecule has 0 aromatic heterocycles. The third-order valence-corrected chi connectivity index (χ3v) is 8.40. The second kappa shape index (κ2) is 12.9. The molecule has 9 heteroatoms. The number of aliphatic imine (C=N–C) groups is 1. The lowest BCUT2D eigenvalue weighted by Crippen LogP contribution is -2.55. The summed E-state index contributed by atoms with van der Waals surface area (Å²) in [6, 6.07) is 9.05. The Morgan fingerprint density at radius 3 is 2.38 bits per heavy atom. The highest BCUT2D eigenvalue weighted by atomic mass is 79.9. The first kappa shape index (κ1) is 23.0. The number of hydrogen-bond acceptors (Lipinski definition) is 7. The summed E-state index contributed by atoms with van der Waals surface area (Å²) in [6.45, 7) is 9.69. The van der Waals surface area contributed by atoms with E-state index in [-0.39, 0.29) is 0 Å². The SMILES string of the molecule is Brc1cccc(C=NCCNCCNCCC[Si]23OCCN(CCO2)CCO3)c1. The van der Waals surface area contributed by atoms with Crippen LogP contribution in [-0.2, 0) is 13.3 Å². The Balaban J connectivity index is 1.20. The van der Waals surface area contributed by atoms with E-state index in [9.17, 15) is 0 Å². The van der Waals surface area contributed by atoms with Gasteiger partial charge in [-0.3, -0.25) is 9.89 Å². The Morgan fingerprint density at radius 2 is 1.69 bits per heavy atom. The minimum atomic E-state index is -2.45. The van der Waals surface area contributed by atoms with Crippen LogP contribution in [0.15, 0.2) is 33.7 Å². The zero-order valence-corrected chi connectivity index (χ0v) is 19.7. The van der Waals surface area contributed by atoms with Gasteiger partial charge in [-0.25, -0.2) is 0 Å². The van der Waals surface area contributed by atoms with Crippen molar-refractivity contribution in [1.29, 1.82) is 0 Å². The van der Waals surface area contributed by atoms with Crippen molar-refractivity contribution in [3.8, 4) is 0 Å². The van der Waals surface area contributed by atoms with E-state index in [1.54, 1.807) is 0 Å². The lowest BCUT2D eigenvalue weighted by molar-refractivity contribution is -0.00849. The summed E-state index contributed by atoms with van der Waals surface area (Å²) < 4.78 is 19.3. The van der Waals surface area contributed by atoms with Gasteiger partial charge in [0.2, 0.25) is 0 Å². The molecule has 0 aliphatic carbocycles. The molecule has 7 nitrogen and oxygen atoms in total. The summed E-state index contributed by atoms with van der Waals surface area (Å²) in [5, 5.41) is 6.90. The van der Waals surface area contributed by atoms with Crippen LogP contribution in [0.3, 0.4) is 0 Å². The number of benzene rings is 1. The maximum atomic E-state index is 6.06. The molecule has 0 unspecified atom stereocenters. The molecule has 0 amide bonds. The Kier molecular flexibility index (Phi) is 10.2. The monoisotopic (exact) mass is 484 g/mol. The van der Waals surface area contributed by atoms with E-state index >= 15 is 0 Å². The molecule has 0 atom stereocenters. The van der Waals surface area contributed by atoms with E-state index in [0.717, 1.165) is 94.7 Å². The van der Waals surface area contributed by atoms with Gasteiger partial charge in [0, 0.05) is 56.0 Å². The summed E-state index contributed by atoms with van der Waals surface area (Å²) in [6.07, 6.45) is 2.94. The highest BCUT2D eigenvalue weighted by Gasteiger charge is 2.43. The van der Waals surface area contributed by atoms with Gasteiger partial charge < -0.3 is 23.9 Å². The minimum Gasteiger partial charge on any atom is -0.372 e. The quantitative estimate of drug-likeness (QED) is 0.283. The average Bonchev–Trinajstić information content (AvgIpc) is 2.66. The van der Waals surface area contributed by atoms with Crippen LogP contribution in [0.1, 0.15) is 12.0 Å². The fourth-order valence-electron chi connectivity index (χ4n) is 3.42. The highest BCUT2D eigenvalue weighted by molar-refractivity contribution is 9.10. The molecule has 3 saturated heterocycles. The average molecular weight is 485 g/mol. The molecule has 2 bridgehead atoms. The van der Waals surface area contributed by atoms with E-state index in [1.165, 1.54) is 0 Å². The second-order valence-electron chi connectivity index (χ2n) is 7.26. The Morgan fingerprint density at radius 1 is 1.00 bits per heavy atom. The standard InChI is InChI=1S/C20H33BrN4O3Si/c21-20-4-1-3-19(17-20)18-24-9-8-23-7-6-22-5-2-16-29-26-13-10-25(11-14-27-29)12-15-28-29/h1,3-4,17-18,22-23H,2,5-16H2. The van der Waals surface area contributed by atoms with Gasteiger partial charge in [-0.2, -0.15) is 0 Å². The lowest BCUT2D eigenvalue weighted by Gasteiger charge is -2.38. The first-order valence-corrected chi connectivity index (χ1v) is 13.3. The fraction of sp³-hybridized carbons (Fsp3) is 0.650. The first-order valence-electron chi connectivity index (χ1n) is 10.6. The van der Waals surface area contributed by atoms with Crippen molar-refractivity contribution >= 4 is 30.9 Å². The van der Waals surface area contributed by atoms with Crippen LogP contribution in [0.5, 0.6) is 0 Å². The Bertz CT molecular complexity index is 611. The summed E-state index contributed by atoms with van der Waals surface area (Å²) in [4.78, 5) is 6.80. The van der Waals surface area contributed by atoms with Crippen LogP contribution < -0.4 is 10.6 Å². The minimum absolute atomic E-state index is 0.730. The van der Waals surface area contributed by atoms with Crippen LogP contribution in [0.4, 0.5) is 0 Å². The molecule has 2 N–H and O–H groups in total. The first-order chi connectivity index (χ1) is 14.3. The molecule has 29 heavy (non-hydrogen) atoms. The van der Waals surface area contributed by atoms with Gasteiger partial charge >= 0.3 is 8.80 Å². The maximum absolute atomic E-state index is 6.06. The molecule has 0 saturated carbocycles. The van der Waals surface area contributed by atoms with E-state index < -0.39 is 8.80 Å². The van der Waals surface area contributed by atoms with Crippen molar-refractivity contribution in [2.24, 2.45) is 4.99 Å². The van der Waals surface area contributed by atoms with Crippen molar-refractivity contribution < 1.29 is 13.3 Å². The zero-order chi connectivity index (χ0) is 20.2. The maximum Gasteiger partial charge on any atom is 0.501 e. The summed E-state index contributed by atoms with van der Waals surface area (Å²) in [7, 11) is -2.45. The summed E-state index contributed by atoms with van der Waals surface area (Å²) >= 11 is 3.47. The predicted molar refractivity (Wildman–Crippen MR) is 122 cm³/mol. The van der Waals surface area contributed by atoms with Crippen molar-refractivity contribution in [3.63, 3.8) is 0 Å². The molecule has 3 heterocycles. The third-order valence-electron chi connectivity index (χ3n) is 5.01. The number of rotatable bonds is 11. The largest absolute Gasteiger partial charge is 0.501 e. The molecule has 1 aromatic carbocycles. The third kappa shape index (κ3) is 8.54. The normalized spacial score (nSPS) is 25.1. The lowest BCUT2D eigenvalue weighted by atomic mass is 10.2. The van der Waals surface area contributed by atoms with Gasteiger partial charge in [-0.05, 0) is 30.7 Å². The second-order valence-corrected chi connectivity index (χ2v) is 10.9. The van der Waals surface area contributed by atoms with Gasteiger partial charge in [0.25, 0.3) is 0 Å². The number of halogens is 1. The van der Waals surface area contributed by atoms with E-state index in [2.05, 4.69) is 48.6 Å². The van der Waals surface area contributed by atoms with Gasteiger partial charge in [-0.15, -0.1) is 0 Å². The topological polar surface area (TPSA) is 67.4 Å². The van der Waals surface area contributed by atoms with Gasteiger partial charge in [0.05, 0.1) is 26.4 Å². The van der Waals surface area contributed by atoms with Crippen molar-refractivity contribution in [2.45, 2.75) is 12.5 Å². The zero-order valence-electron chi connectivity index (χ0n) is 17.1. The predicted octanol–water partition coefficient (Wildman–Crippen LogP) is 1.76. The molecule has 3 aliphatic heterocycles. The molecular formula is C20H33BrN4O3Si. The number of fused-ring (bicyclic) bond motifs is 6. The number of nitrogens with zero attached hydrogens (tertiary/aromatic N) is 2. The number of hydrogen-bond donors (Lipinski definition) is 2. The molecule has 162 valence electrons. The van der Waals surface area contributed by atoms with Crippen molar-refractivity contribution in [1.82, 2.24) is 15.5 Å². The molecular weight excluding hydrogens is 452 g/mol. The molecule has 4 rings (SSSR count). The van der Waals surface area contributed by atoms with Crippen molar-refractivity contribution in [3.05, 3.63) is 34.3 Å². The van der Waals surface area contributed by atoms with Crippen LogP contribution in [-0.4, -0.2) is 92.1 Å². The van der Waals surface area contributed by atoms with Gasteiger partial charge in [0.1, 0.15) is 0 Å². The fourth-order valence-corrected chi connectivity index (χ4v) is 6.34. The highest BCUT2D eigenvalue weighted by Crippen LogP contribution is 2.21. The van der Waals surface area contributed by atoms with E-state index in [1.807, 2.05) is 18.3 Å². The van der Waals surface area contributed by atoms with E-state index in [0.29, 0.717) is 0 Å². The van der Waals surface area contributed by atoms with Crippen LogP contribution in [0.2, 0.25) is 6.04 Å². The summed E-state index contributed by atoms with van der Waals surface area (Å²) in [5.41, 5.74) is 1.12. The van der Waals surface area contributed by atoms with Crippen molar-refractivity contribution in [2.75, 3.05) is 72.2 Å². The Hall–Kier alpha value is -0.653. The van der Waals surface area contributed by atoms with Gasteiger partial charge in [0.15, 0.2) is 0 Å². The smallest absolute Gasteiger partial charge is 0.372 e. The summed E-state index contributed by atoms with van der Waals surface area (Å²) in [5.74, 6) is 0. The van der Waals surface area contributed by atoms with E-state index in [4.69, 9.17) is 13.3 Å². The molecule has 0 spiro atoms. The van der Waals surface area contributed by atoms with Gasteiger partial charge in [-0.1, -0.05) is 28.1 Å². The number of nitrogens with one attached hydrogen (secondary N) is 2. The molecule has 3 aliphatic rings. The molecule has 0 radical (unpaired) electrons.